The second-order valence-electron chi connectivity index (χ2n) is 5.28. The van der Waals surface area contributed by atoms with E-state index in [9.17, 15) is 13.2 Å². The molecule has 1 amide bonds. The first kappa shape index (κ1) is 17.7. The van der Waals surface area contributed by atoms with E-state index in [1.54, 1.807) is 12.1 Å². The molecule has 3 rings (SSSR count). The molecule has 1 heterocycles. The summed E-state index contributed by atoms with van der Waals surface area (Å²) >= 11 is 15.3. The van der Waals surface area contributed by atoms with Crippen LogP contribution in [0.4, 0.5) is 5.69 Å². The molecule has 24 heavy (non-hydrogen) atoms. The quantitative estimate of drug-likeness (QED) is 0.562. The maximum atomic E-state index is 12.9. The van der Waals surface area contributed by atoms with Gasteiger partial charge in [-0.3, -0.25) is 9.69 Å². The summed E-state index contributed by atoms with van der Waals surface area (Å²) in [5, 5.41) is 5.80. The van der Waals surface area contributed by atoms with Crippen molar-refractivity contribution in [1.82, 2.24) is 0 Å². The summed E-state index contributed by atoms with van der Waals surface area (Å²) in [6, 6.07) is 9.08. The molecule has 0 spiro atoms. The third kappa shape index (κ3) is 3.19. The van der Waals surface area contributed by atoms with E-state index < -0.39 is 10.0 Å². The number of alkyl halides is 1. The van der Waals surface area contributed by atoms with Crippen LogP contribution in [0.5, 0.6) is 0 Å². The van der Waals surface area contributed by atoms with Crippen LogP contribution in [-0.2, 0) is 16.4 Å². The van der Waals surface area contributed by atoms with Crippen LogP contribution in [0.25, 0.3) is 0 Å². The number of primary sulfonamides is 1. The minimum Gasteiger partial charge on any atom is -0.295 e. The molecule has 1 atom stereocenters. The highest BCUT2D eigenvalue weighted by Gasteiger charge is 2.33. The number of rotatable bonds is 2. The topological polar surface area (TPSA) is 80.5 Å². The molecule has 0 saturated carbocycles. The first-order valence-corrected chi connectivity index (χ1v) is 9.98. The number of halogens is 3. The molecule has 0 fully saturated rings. The van der Waals surface area contributed by atoms with E-state index in [0.29, 0.717) is 22.7 Å². The fourth-order valence-electron chi connectivity index (χ4n) is 2.55. The predicted octanol–water partition coefficient (Wildman–Crippen LogP) is 3.56. The van der Waals surface area contributed by atoms with Gasteiger partial charge in [0.25, 0.3) is 5.91 Å². The largest absolute Gasteiger partial charge is 0.295 e. The Morgan fingerprint density at radius 3 is 2.50 bits per heavy atom. The highest BCUT2D eigenvalue weighted by molar-refractivity contribution is 9.09. The Kier molecular flexibility index (Phi) is 4.65. The van der Waals surface area contributed by atoms with Crippen LogP contribution in [-0.4, -0.2) is 19.3 Å². The number of sulfonamides is 1. The molecule has 2 aromatic carbocycles. The van der Waals surface area contributed by atoms with Crippen LogP contribution in [0.3, 0.4) is 0 Å². The van der Waals surface area contributed by atoms with Crippen molar-refractivity contribution in [2.45, 2.75) is 16.3 Å². The molecule has 0 saturated heterocycles. The Hall–Kier alpha value is -1.12. The van der Waals surface area contributed by atoms with E-state index in [1.165, 1.54) is 29.2 Å². The van der Waals surface area contributed by atoms with Gasteiger partial charge in [0.15, 0.2) is 0 Å². The number of carbonyl (C=O) groups is 1. The monoisotopic (exact) mass is 448 g/mol. The molecule has 126 valence electrons. The third-order valence-corrected chi connectivity index (χ3v) is 6.08. The van der Waals surface area contributed by atoms with Gasteiger partial charge in [-0.1, -0.05) is 45.2 Å². The van der Waals surface area contributed by atoms with Gasteiger partial charge in [-0.2, -0.15) is 0 Å². The van der Waals surface area contributed by atoms with Gasteiger partial charge in [0.2, 0.25) is 10.0 Å². The van der Waals surface area contributed by atoms with Gasteiger partial charge in [0.1, 0.15) is 0 Å². The fraction of sp³-hybridized carbons (Fsp3) is 0.133. The fourth-order valence-corrected chi connectivity index (χ4v) is 4.13. The number of amides is 1. The molecule has 0 bridgehead atoms. The van der Waals surface area contributed by atoms with Gasteiger partial charge in [0, 0.05) is 17.7 Å². The smallest absolute Gasteiger partial charge is 0.259 e. The summed E-state index contributed by atoms with van der Waals surface area (Å²) in [5.41, 5.74) is 1.69. The summed E-state index contributed by atoms with van der Waals surface area (Å²) in [6.45, 7) is 0. The second kappa shape index (κ2) is 6.31. The highest BCUT2D eigenvalue weighted by Crippen LogP contribution is 2.37. The molecule has 2 aromatic rings. The summed E-state index contributed by atoms with van der Waals surface area (Å²) in [6.07, 6.45) is 0.549. The van der Waals surface area contributed by atoms with Crippen molar-refractivity contribution in [1.29, 1.82) is 0 Å². The Morgan fingerprint density at radius 1 is 1.17 bits per heavy atom. The number of fused-ring (bicyclic) bond motifs is 1. The van der Waals surface area contributed by atoms with Crippen LogP contribution in [0.2, 0.25) is 10.0 Å². The number of anilines is 1. The van der Waals surface area contributed by atoms with E-state index >= 15 is 0 Å². The Morgan fingerprint density at radius 2 is 1.88 bits per heavy atom. The number of nitrogens with two attached hydrogens (primary N) is 1. The van der Waals surface area contributed by atoms with E-state index in [4.69, 9.17) is 28.3 Å². The standard InChI is InChI=1S/C15H11BrCl2N2O3S/c16-14-6-8-1-3-10(24(19,22)23)7-13(8)20(14)15(21)9-2-4-11(17)12(18)5-9/h1-5,7,14H,6H2,(H2,19,22,23). The maximum Gasteiger partial charge on any atom is 0.259 e. The average molecular weight is 450 g/mol. The minimum absolute atomic E-state index is 0.0465. The van der Waals surface area contributed by atoms with Gasteiger partial charge in [-0.25, -0.2) is 13.6 Å². The summed E-state index contributed by atoms with van der Waals surface area (Å²) in [7, 11) is -3.86. The average Bonchev–Trinajstić information content (AvgIpc) is 2.83. The zero-order valence-corrected chi connectivity index (χ0v) is 16.0. The Bertz CT molecular complexity index is 950. The predicted molar refractivity (Wildman–Crippen MR) is 97.5 cm³/mol. The lowest BCUT2D eigenvalue weighted by Gasteiger charge is -2.22. The zero-order chi connectivity index (χ0) is 17.6. The lowest BCUT2D eigenvalue weighted by Crippen LogP contribution is -2.34. The molecule has 5 nitrogen and oxygen atoms in total. The van der Waals surface area contributed by atoms with Crippen molar-refractivity contribution in [3.05, 3.63) is 57.6 Å². The van der Waals surface area contributed by atoms with Crippen molar-refractivity contribution >= 4 is 60.7 Å². The van der Waals surface area contributed by atoms with Crippen molar-refractivity contribution < 1.29 is 13.2 Å². The number of hydrogen-bond acceptors (Lipinski definition) is 3. The molecular weight excluding hydrogens is 439 g/mol. The van der Waals surface area contributed by atoms with Gasteiger partial charge in [0.05, 0.1) is 19.9 Å². The van der Waals surface area contributed by atoms with E-state index in [1.807, 2.05) is 0 Å². The third-order valence-electron chi connectivity index (χ3n) is 3.70. The van der Waals surface area contributed by atoms with Crippen molar-refractivity contribution in [2.75, 3.05) is 4.90 Å². The highest BCUT2D eigenvalue weighted by atomic mass is 79.9. The van der Waals surface area contributed by atoms with Crippen LogP contribution >= 0.6 is 39.1 Å². The molecule has 1 aliphatic rings. The molecule has 2 N–H and O–H groups in total. The van der Waals surface area contributed by atoms with Gasteiger partial charge in [-0.05, 0) is 35.9 Å². The number of nitrogens with zero attached hydrogens (tertiary/aromatic N) is 1. The van der Waals surface area contributed by atoms with Crippen molar-refractivity contribution in [3.63, 3.8) is 0 Å². The normalized spacial score (nSPS) is 17.0. The molecule has 9 heteroatoms. The summed E-state index contributed by atoms with van der Waals surface area (Å²) < 4.78 is 23.1. The number of carbonyl (C=O) groups excluding carboxylic acids is 1. The lowest BCUT2D eigenvalue weighted by molar-refractivity contribution is 0.0987. The summed E-state index contributed by atoms with van der Waals surface area (Å²) in [4.78, 5) is 14.0. The molecule has 1 unspecified atom stereocenters. The van der Waals surface area contributed by atoms with Crippen molar-refractivity contribution in [3.8, 4) is 0 Å². The number of benzene rings is 2. The minimum atomic E-state index is -3.86. The van der Waals surface area contributed by atoms with Crippen LogP contribution in [0.15, 0.2) is 41.3 Å². The van der Waals surface area contributed by atoms with E-state index in [-0.39, 0.29) is 20.8 Å². The molecule has 0 radical (unpaired) electrons. The van der Waals surface area contributed by atoms with E-state index in [0.717, 1.165) is 5.56 Å². The second-order valence-corrected chi connectivity index (χ2v) is 8.71. The summed E-state index contributed by atoms with van der Waals surface area (Å²) in [5.74, 6) is -0.319. The first-order chi connectivity index (χ1) is 11.2. The zero-order valence-electron chi connectivity index (χ0n) is 12.0. The van der Waals surface area contributed by atoms with Gasteiger partial charge < -0.3 is 0 Å². The Labute approximate surface area is 157 Å². The Balaban J connectivity index is 2.06. The van der Waals surface area contributed by atoms with E-state index in [2.05, 4.69) is 15.9 Å². The number of hydrogen-bond donors (Lipinski definition) is 1. The molecule has 0 aromatic heterocycles. The SMILES string of the molecule is NS(=O)(=O)c1ccc2c(c1)N(C(=O)c1ccc(Cl)c(Cl)c1)C(Br)C2. The maximum absolute atomic E-state index is 12.9. The van der Waals surface area contributed by atoms with Crippen LogP contribution in [0.1, 0.15) is 15.9 Å². The molecule has 0 aliphatic carbocycles. The lowest BCUT2D eigenvalue weighted by atomic mass is 10.1. The van der Waals surface area contributed by atoms with Crippen LogP contribution < -0.4 is 10.0 Å². The first-order valence-electron chi connectivity index (χ1n) is 6.77. The van der Waals surface area contributed by atoms with Gasteiger partial charge in [-0.15, -0.1) is 0 Å². The van der Waals surface area contributed by atoms with Crippen LogP contribution in [0, 0.1) is 0 Å². The van der Waals surface area contributed by atoms with Gasteiger partial charge >= 0.3 is 0 Å². The molecule has 1 aliphatic heterocycles. The molecular formula is C15H11BrCl2N2O3S. The van der Waals surface area contributed by atoms with Crippen molar-refractivity contribution in [2.24, 2.45) is 5.14 Å².